The summed E-state index contributed by atoms with van der Waals surface area (Å²) >= 11 is 2.89. The second-order valence-corrected chi connectivity index (χ2v) is 3.22. The van der Waals surface area contributed by atoms with Gasteiger partial charge in [-0.15, -0.1) is 13.2 Å². The summed E-state index contributed by atoms with van der Waals surface area (Å²) in [7, 11) is 0. The maximum Gasteiger partial charge on any atom is 0.573 e. The van der Waals surface area contributed by atoms with Gasteiger partial charge in [-0.1, -0.05) is 6.07 Å². The lowest BCUT2D eigenvalue weighted by Crippen LogP contribution is -2.17. The highest BCUT2D eigenvalue weighted by Crippen LogP contribution is 2.31. The van der Waals surface area contributed by atoms with Crippen molar-refractivity contribution in [2.75, 3.05) is 0 Å². The van der Waals surface area contributed by atoms with Crippen LogP contribution in [-0.4, -0.2) is 11.5 Å². The Morgan fingerprint density at radius 2 is 2.00 bits per heavy atom. The van der Waals surface area contributed by atoms with Gasteiger partial charge in [-0.05, 0) is 33.6 Å². The van der Waals surface area contributed by atoms with Crippen molar-refractivity contribution in [3.05, 3.63) is 34.8 Å². The molecule has 6 heteroatoms. The quantitative estimate of drug-likeness (QED) is 0.893. The largest absolute Gasteiger partial charge is 0.573 e. The Balaban J connectivity index is 2.95. The molecule has 0 aliphatic heterocycles. The third-order valence-corrected chi connectivity index (χ3v) is 1.99. The summed E-state index contributed by atoms with van der Waals surface area (Å²) < 4.78 is 39.4. The van der Waals surface area contributed by atoms with Crippen LogP contribution in [-0.2, 0) is 0 Å². The standard InChI is InChI=1S/C8H5BrF3O2/c9-6-2-1-5(4-13)3-7(6)14-8(10,11)12/h1-4,13H. The molecule has 0 saturated carbocycles. The van der Waals surface area contributed by atoms with Gasteiger partial charge in [-0.3, -0.25) is 0 Å². The lowest BCUT2D eigenvalue weighted by molar-refractivity contribution is -0.274. The van der Waals surface area contributed by atoms with Crippen LogP contribution in [0.5, 0.6) is 5.75 Å². The molecular weight excluding hydrogens is 265 g/mol. The van der Waals surface area contributed by atoms with Crippen LogP contribution in [0.1, 0.15) is 5.56 Å². The highest BCUT2D eigenvalue weighted by molar-refractivity contribution is 9.10. The zero-order valence-electron chi connectivity index (χ0n) is 6.68. The fourth-order valence-electron chi connectivity index (χ4n) is 0.803. The summed E-state index contributed by atoms with van der Waals surface area (Å²) in [5.74, 6) is -0.389. The first-order valence-electron chi connectivity index (χ1n) is 3.45. The van der Waals surface area contributed by atoms with Gasteiger partial charge < -0.3 is 9.84 Å². The minimum absolute atomic E-state index is 0.167. The van der Waals surface area contributed by atoms with E-state index in [-0.39, 0.29) is 15.8 Å². The molecule has 0 unspecified atom stereocenters. The lowest BCUT2D eigenvalue weighted by atomic mass is 10.2. The highest BCUT2D eigenvalue weighted by atomic mass is 79.9. The van der Waals surface area contributed by atoms with Gasteiger partial charge in [0.2, 0.25) is 0 Å². The van der Waals surface area contributed by atoms with Crippen LogP contribution in [0.25, 0.3) is 0 Å². The number of alkyl halides is 3. The Hall–Kier alpha value is -0.750. The third-order valence-electron chi connectivity index (χ3n) is 1.33. The topological polar surface area (TPSA) is 29.5 Å². The van der Waals surface area contributed by atoms with Crippen molar-refractivity contribution in [2.45, 2.75) is 6.36 Å². The van der Waals surface area contributed by atoms with Gasteiger partial charge in [0.05, 0.1) is 4.47 Å². The van der Waals surface area contributed by atoms with E-state index in [2.05, 4.69) is 20.7 Å². The van der Waals surface area contributed by atoms with Crippen LogP contribution in [0.4, 0.5) is 13.2 Å². The van der Waals surface area contributed by atoms with E-state index in [0.717, 1.165) is 6.07 Å². The van der Waals surface area contributed by atoms with Gasteiger partial charge in [0.1, 0.15) is 12.4 Å². The maximum absolute atomic E-state index is 11.8. The maximum atomic E-state index is 11.8. The minimum atomic E-state index is -4.74. The van der Waals surface area contributed by atoms with Crippen LogP contribution < -0.4 is 4.74 Å². The highest BCUT2D eigenvalue weighted by Gasteiger charge is 2.31. The van der Waals surface area contributed by atoms with Crippen LogP contribution in [0.15, 0.2) is 22.7 Å². The van der Waals surface area contributed by atoms with E-state index in [9.17, 15) is 13.2 Å². The molecule has 0 bridgehead atoms. The molecule has 0 fully saturated rings. The molecule has 77 valence electrons. The van der Waals surface area contributed by atoms with Crippen LogP contribution >= 0.6 is 15.9 Å². The average Bonchev–Trinajstić information content (AvgIpc) is 2.06. The number of rotatable bonds is 2. The van der Waals surface area contributed by atoms with Crippen molar-refractivity contribution in [3.8, 4) is 5.75 Å². The number of ether oxygens (including phenoxy) is 1. The number of halogens is 4. The molecule has 14 heavy (non-hydrogen) atoms. The van der Waals surface area contributed by atoms with Crippen molar-refractivity contribution in [1.82, 2.24) is 0 Å². The summed E-state index contributed by atoms with van der Waals surface area (Å²) in [5, 5.41) is 8.57. The Morgan fingerprint density at radius 1 is 1.36 bits per heavy atom. The van der Waals surface area contributed by atoms with Gasteiger partial charge in [0.15, 0.2) is 0 Å². The fraction of sp³-hybridized carbons (Fsp3) is 0.125. The Labute approximate surface area is 86.4 Å². The molecule has 0 aliphatic carbocycles. The summed E-state index contributed by atoms with van der Waals surface area (Å²) in [4.78, 5) is 0. The van der Waals surface area contributed by atoms with E-state index in [0.29, 0.717) is 6.61 Å². The van der Waals surface area contributed by atoms with Crippen LogP contribution in [0.3, 0.4) is 0 Å². The van der Waals surface area contributed by atoms with Crippen molar-refractivity contribution in [3.63, 3.8) is 0 Å². The zero-order valence-corrected chi connectivity index (χ0v) is 8.26. The molecular formula is C8H5BrF3O2. The Morgan fingerprint density at radius 3 is 2.50 bits per heavy atom. The van der Waals surface area contributed by atoms with E-state index < -0.39 is 6.36 Å². The zero-order chi connectivity index (χ0) is 10.8. The SMILES string of the molecule is O[CH]c1ccc(Br)c(OC(F)(F)F)c1. The van der Waals surface area contributed by atoms with Crippen LogP contribution in [0, 0.1) is 6.61 Å². The number of hydrogen-bond acceptors (Lipinski definition) is 2. The van der Waals surface area contributed by atoms with Crippen LogP contribution in [0.2, 0.25) is 0 Å². The summed E-state index contributed by atoms with van der Waals surface area (Å²) in [5.41, 5.74) is 0.229. The molecule has 0 heterocycles. The lowest BCUT2D eigenvalue weighted by Gasteiger charge is -2.10. The molecule has 0 atom stereocenters. The summed E-state index contributed by atoms with van der Waals surface area (Å²) in [6, 6.07) is 3.86. The number of aliphatic hydroxyl groups excluding tert-OH is 1. The summed E-state index contributed by atoms with van der Waals surface area (Å²) in [6.07, 6.45) is -4.74. The molecule has 0 aromatic heterocycles. The molecule has 2 nitrogen and oxygen atoms in total. The van der Waals surface area contributed by atoms with Crippen molar-refractivity contribution in [1.29, 1.82) is 0 Å². The van der Waals surface area contributed by atoms with Gasteiger partial charge in [-0.25, -0.2) is 0 Å². The van der Waals surface area contributed by atoms with Crippen molar-refractivity contribution < 1.29 is 23.0 Å². The molecule has 0 aliphatic rings. The number of benzene rings is 1. The molecule has 1 radical (unpaired) electrons. The number of aliphatic hydroxyl groups is 1. The van der Waals surface area contributed by atoms with E-state index in [4.69, 9.17) is 5.11 Å². The molecule has 1 N–H and O–H groups in total. The second-order valence-electron chi connectivity index (χ2n) is 2.37. The fourth-order valence-corrected chi connectivity index (χ4v) is 1.13. The molecule has 1 rings (SSSR count). The second kappa shape index (κ2) is 4.18. The van der Waals surface area contributed by atoms with Crippen molar-refractivity contribution in [2.24, 2.45) is 0 Å². The van der Waals surface area contributed by atoms with Gasteiger partial charge >= 0.3 is 6.36 Å². The Bertz CT molecular complexity index is 325. The number of hydrogen-bond donors (Lipinski definition) is 1. The van der Waals surface area contributed by atoms with Gasteiger partial charge in [-0.2, -0.15) is 0 Å². The van der Waals surface area contributed by atoms with E-state index in [1.165, 1.54) is 12.1 Å². The van der Waals surface area contributed by atoms with E-state index >= 15 is 0 Å². The normalized spacial score (nSPS) is 11.5. The molecule has 0 spiro atoms. The third kappa shape index (κ3) is 3.19. The van der Waals surface area contributed by atoms with E-state index in [1.807, 2.05) is 0 Å². The summed E-state index contributed by atoms with van der Waals surface area (Å²) in [6.45, 7) is 0.690. The predicted molar refractivity (Wildman–Crippen MR) is 46.2 cm³/mol. The smallest absolute Gasteiger partial charge is 0.405 e. The first kappa shape index (κ1) is 11.3. The molecule has 1 aromatic rings. The monoisotopic (exact) mass is 269 g/mol. The van der Waals surface area contributed by atoms with Gasteiger partial charge in [0.25, 0.3) is 0 Å². The first-order chi connectivity index (χ1) is 6.42. The molecule has 0 amide bonds. The molecule has 0 saturated heterocycles. The predicted octanol–water partition coefficient (Wildman–Crippen LogP) is 3.23. The Kier molecular flexibility index (Phi) is 3.38. The molecule has 1 aromatic carbocycles. The minimum Gasteiger partial charge on any atom is -0.405 e. The van der Waals surface area contributed by atoms with Crippen molar-refractivity contribution >= 4 is 15.9 Å². The van der Waals surface area contributed by atoms with E-state index in [1.54, 1.807) is 0 Å². The average molecular weight is 270 g/mol. The van der Waals surface area contributed by atoms with Gasteiger partial charge in [0, 0.05) is 0 Å². The first-order valence-corrected chi connectivity index (χ1v) is 4.24.